The van der Waals surface area contributed by atoms with Gasteiger partial charge in [-0.05, 0) is 30.2 Å². The van der Waals surface area contributed by atoms with Gasteiger partial charge in [-0.25, -0.2) is 9.78 Å². The number of hydrogen-bond acceptors (Lipinski definition) is 5. The predicted molar refractivity (Wildman–Crippen MR) is 104 cm³/mol. The Morgan fingerprint density at radius 3 is 2.32 bits per heavy atom. The number of carbonyl (C=O) groups is 2. The molecule has 0 unspecified atom stereocenters. The number of aromatic nitrogens is 1. The van der Waals surface area contributed by atoms with Crippen LogP contribution in [0.1, 0.15) is 30.0 Å². The normalized spacial score (nSPS) is 11.8. The van der Waals surface area contributed by atoms with Crippen LogP contribution in [0.2, 0.25) is 0 Å². The highest BCUT2D eigenvalue weighted by atomic mass is 16.5. The number of amides is 1. The Hall–Kier alpha value is -3.41. The first-order valence-electron chi connectivity index (χ1n) is 9.07. The van der Waals surface area contributed by atoms with Crippen molar-refractivity contribution < 1.29 is 18.7 Å². The summed E-state index contributed by atoms with van der Waals surface area (Å²) >= 11 is 0. The Bertz CT molecular complexity index is 920. The van der Waals surface area contributed by atoms with E-state index in [1.165, 1.54) is 6.20 Å². The maximum Gasteiger partial charge on any atom is 0.329 e. The first kappa shape index (κ1) is 19.4. The molecule has 0 fully saturated rings. The van der Waals surface area contributed by atoms with E-state index in [9.17, 15) is 9.59 Å². The molecule has 1 amide bonds. The lowest BCUT2D eigenvalue weighted by Gasteiger charge is -2.20. The van der Waals surface area contributed by atoms with Crippen LogP contribution in [0.15, 0.2) is 71.3 Å². The monoisotopic (exact) mass is 378 g/mol. The fourth-order valence-electron chi connectivity index (χ4n) is 2.63. The molecule has 0 saturated carbocycles. The lowest BCUT2D eigenvalue weighted by Crippen LogP contribution is -2.45. The summed E-state index contributed by atoms with van der Waals surface area (Å²) in [5, 5.41) is 2.74. The number of oxazole rings is 1. The Balaban J connectivity index is 1.60. The molecule has 1 aromatic heterocycles. The van der Waals surface area contributed by atoms with Gasteiger partial charge in [-0.3, -0.25) is 4.79 Å². The molecule has 0 aliphatic rings. The number of ether oxygens (including phenoxy) is 1. The third-order valence-electron chi connectivity index (χ3n) is 4.17. The van der Waals surface area contributed by atoms with E-state index in [-0.39, 0.29) is 18.4 Å². The van der Waals surface area contributed by atoms with E-state index < -0.39 is 12.0 Å². The van der Waals surface area contributed by atoms with Crippen LogP contribution >= 0.6 is 0 Å². The average molecular weight is 378 g/mol. The van der Waals surface area contributed by atoms with Crippen molar-refractivity contribution in [3.05, 3.63) is 78.2 Å². The molecule has 6 nitrogen and oxygen atoms in total. The van der Waals surface area contributed by atoms with E-state index >= 15 is 0 Å². The lowest BCUT2D eigenvalue weighted by atomic mass is 10.0. The highest BCUT2D eigenvalue weighted by Crippen LogP contribution is 2.19. The van der Waals surface area contributed by atoms with Crippen molar-refractivity contribution in [1.29, 1.82) is 0 Å². The minimum Gasteiger partial charge on any atom is -0.456 e. The van der Waals surface area contributed by atoms with Gasteiger partial charge in [-0.2, -0.15) is 0 Å². The van der Waals surface area contributed by atoms with Gasteiger partial charge in [0.05, 0.1) is 6.20 Å². The number of nitrogens with one attached hydrogen (secondary N) is 1. The summed E-state index contributed by atoms with van der Waals surface area (Å²) in [5.74, 6) is -0.0671. The van der Waals surface area contributed by atoms with Gasteiger partial charge < -0.3 is 14.5 Å². The van der Waals surface area contributed by atoms with Gasteiger partial charge in [0, 0.05) is 11.1 Å². The van der Waals surface area contributed by atoms with Crippen LogP contribution in [-0.4, -0.2) is 22.9 Å². The van der Waals surface area contributed by atoms with Crippen molar-refractivity contribution in [2.75, 3.05) is 0 Å². The van der Waals surface area contributed by atoms with Crippen molar-refractivity contribution in [1.82, 2.24) is 10.3 Å². The van der Waals surface area contributed by atoms with Crippen LogP contribution in [0.3, 0.4) is 0 Å². The van der Waals surface area contributed by atoms with E-state index in [2.05, 4.69) is 10.3 Å². The number of rotatable bonds is 7. The summed E-state index contributed by atoms with van der Waals surface area (Å²) in [6.45, 7) is 3.64. The fourth-order valence-corrected chi connectivity index (χ4v) is 2.63. The van der Waals surface area contributed by atoms with E-state index in [1.54, 1.807) is 24.3 Å². The van der Waals surface area contributed by atoms with Crippen LogP contribution in [0, 0.1) is 5.92 Å². The predicted octanol–water partition coefficient (Wildman–Crippen LogP) is 3.84. The molecule has 0 aliphatic carbocycles. The first-order chi connectivity index (χ1) is 13.5. The van der Waals surface area contributed by atoms with Gasteiger partial charge in [0.2, 0.25) is 5.89 Å². The quantitative estimate of drug-likeness (QED) is 0.632. The molecule has 3 aromatic rings. The topological polar surface area (TPSA) is 81.4 Å². The van der Waals surface area contributed by atoms with Gasteiger partial charge in [0.1, 0.15) is 6.04 Å². The molecule has 0 saturated heterocycles. The van der Waals surface area contributed by atoms with Crippen LogP contribution in [0.25, 0.3) is 11.5 Å². The molecule has 0 bridgehead atoms. The second kappa shape index (κ2) is 8.99. The fraction of sp³-hybridized carbons (Fsp3) is 0.227. The Morgan fingerprint density at radius 2 is 1.68 bits per heavy atom. The molecule has 3 rings (SSSR count). The summed E-state index contributed by atoms with van der Waals surface area (Å²) in [4.78, 5) is 29.1. The third kappa shape index (κ3) is 4.85. The molecule has 1 heterocycles. The third-order valence-corrected chi connectivity index (χ3v) is 4.17. The molecule has 28 heavy (non-hydrogen) atoms. The Labute approximate surface area is 163 Å². The summed E-state index contributed by atoms with van der Waals surface area (Å²) in [6.07, 6.45) is 1.53. The number of hydrogen-bond donors (Lipinski definition) is 1. The Morgan fingerprint density at radius 1 is 1.04 bits per heavy atom. The van der Waals surface area contributed by atoms with Crippen molar-refractivity contribution in [3.8, 4) is 11.5 Å². The first-order valence-corrected chi connectivity index (χ1v) is 9.07. The van der Waals surface area contributed by atoms with E-state index in [1.807, 2.05) is 50.2 Å². The van der Waals surface area contributed by atoms with Gasteiger partial charge in [0.15, 0.2) is 12.4 Å². The van der Waals surface area contributed by atoms with Gasteiger partial charge in [0.25, 0.3) is 5.91 Å². The minimum absolute atomic E-state index is 0.0525. The molecule has 0 aliphatic heterocycles. The molecule has 0 radical (unpaired) electrons. The lowest BCUT2D eigenvalue weighted by molar-refractivity contribution is -0.149. The highest BCUT2D eigenvalue weighted by molar-refractivity contribution is 5.96. The summed E-state index contributed by atoms with van der Waals surface area (Å²) in [7, 11) is 0. The smallest absolute Gasteiger partial charge is 0.329 e. The maximum atomic E-state index is 12.5. The second-order valence-electron chi connectivity index (χ2n) is 6.67. The zero-order chi connectivity index (χ0) is 19.9. The number of esters is 1. The second-order valence-corrected chi connectivity index (χ2v) is 6.67. The summed E-state index contributed by atoms with van der Waals surface area (Å²) in [6, 6.07) is 17.4. The van der Waals surface area contributed by atoms with Crippen LogP contribution in [0.4, 0.5) is 0 Å². The van der Waals surface area contributed by atoms with Crippen LogP contribution < -0.4 is 5.32 Å². The molecule has 1 N–H and O–H groups in total. The van der Waals surface area contributed by atoms with Crippen LogP contribution in [-0.2, 0) is 16.1 Å². The molecule has 2 aromatic carbocycles. The summed E-state index contributed by atoms with van der Waals surface area (Å²) < 4.78 is 11.0. The standard InChI is InChI=1S/C22H22N2O4/c1-15(2)19(24-20(25)16-9-5-3-6-10-16)22(26)27-14-18-13-23-21(28-18)17-11-7-4-8-12-17/h3-13,15,19H,14H2,1-2H3,(H,24,25)/t19-/m0/s1. The van der Waals surface area contributed by atoms with Crippen molar-refractivity contribution in [2.24, 2.45) is 5.92 Å². The largest absolute Gasteiger partial charge is 0.456 e. The van der Waals surface area contributed by atoms with Crippen molar-refractivity contribution in [2.45, 2.75) is 26.5 Å². The summed E-state index contributed by atoms with van der Waals surface area (Å²) in [5.41, 5.74) is 1.33. The van der Waals surface area contributed by atoms with E-state index in [0.717, 1.165) is 5.56 Å². The minimum atomic E-state index is -0.760. The van der Waals surface area contributed by atoms with Crippen molar-refractivity contribution in [3.63, 3.8) is 0 Å². The van der Waals surface area contributed by atoms with E-state index in [4.69, 9.17) is 9.15 Å². The van der Waals surface area contributed by atoms with Gasteiger partial charge >= 0.3 is 5.97 Å². The molecule has 0 spiro atoms. The average Bonchev–Trinajstić information content (AvgIpc) is 3.20. The number of nitrogens with zero attached hydrogens (tertiary/aromatic N) is 1. The SMILES string of the molecule is CC(C)[C@H](NC(=O)c1ccccc1)C(=O)OCc1cnc(-c2ccccc2)o1. The van der Waals surface area contributed by atoms with E-state index in [0.29, 0.717) is 17.2 Å². The van der Waals surface area contributed by atoms with Crippen LogP contribution in [0.5, 0.6) is 0 Å². The molecular weight excluding hydrogens is 356 g/mol. The van der Waals surface area contributed by atoms with Gasteiger partial charge in [-0.1, -0.05) is 50.2 Å². The molecule has 1 atom stereocenters. The van der Waals surface area contributed by atoms with Crippen molar-refractivity contribution >= 4 is 11.9 Å². The number of benzene rings is 2. The highest BCUT2D eigenvalue weighted by Gasteiger charge is 2.26. The molecule has 144 valence electrons. The maximum absolute atomic E-state index is 12.5. The number of carbonyl (C=O) groups excluding carboxylic acids is 2. The Kier molecular flexibility index (Phi) is 6.22. The molecule has 6 heteroatoms. The molecular formula is C22H22N2O4. The zero-order valence-corrected chi connectivity index (χ0v) is 15.8. The van der Waals surface area contributed by atoms with Gasteiger partial charge in [-0.15, -0.1) is 0 Å². The zero-order valence-electron chi connectivity index (χ0n) is 15.8.